The third-order valence-corrected chi connectivity index (χ3v) is 3.08. The van der Waals surface area contributed by atoms with E-state index in [2.05, 4.69) is 5.32 Å². The topological polar surface area (TPSA) is 95.7 Å². The van der Waals surface area contributed by atoms with Crippen molar-refractivity contribution in [2.45, 2.75) is 19.3 Å². The minimum atomic E-state index is -0.601. The van der Waals surface area contributed by atoms with Crippen LogP contribution in [0.4, 0.5) is 16.2 Å². The second kappa shape index (κ2) is 5.55. The van der Waals surface area contributed by atoms with Gasteiger partial charge in [-0.15, -0.1) is 0 Å². The van der Waals surface area contributed by atoms with Gasteiger partial charge in [-0.1, -0.05) is 0 Å². The van der Waals surface area contributed by atoms with Gasteiger partial charge in [0.1, 0.15) is 5.75 Å². The first kappa shape index (κ1) is 13.1. The Morgan fingerprint density at radius 2 is 2.00 bits per heavy atom. The molecule has 1 saturated heterocycles. The number of hydrogen-bond donors (Lipinski definition) is 2. The number of benzene rings is 1. The number of piperidine rings is 1. The predicted molar refractivity (Wildman–Crippen MR) is 69.2 cm³/mol. The van der Waals surface area contributed by atoms with Crippen LogP contribution in [0.3, 0.4) is 0 Å². The number of rotatable bonds is 2. The number of nitro benzene ring substituents is 1. The van der Waals surface area contributed by atoms with Gasteiger partial charge in [-0.05, 0) is 25.3 Å². The molecule has 0 aromatic heterocycles. The number of phenols is 1. The largest absolute Gasteiger partial charge is 0.506 e. The van der Waals surface area contributed by atoms with Gasteiger partial charge in [0, 0.05) is 19.2 Å². The Labute approximate surface area is 110 Å². The molecule has 2 amide bonds. The Balaban J connectivity index is 2.06. The third kappa shape index (κ3) is 3.12. The molecular weight excluding hydrogens is 250 g/mol. The zero-order valence-electron chi connectivity index (χ0n) is 10.3. The molecule has 1 aromatic rings. The monoisotopic (exact) mass is 265 g/mol. The molecule has 1 aliphatic heterocycles. The minimum Gasteiger partial charge on any atom is -0.506 e. The Morgan fingerprint density at radius 3 is 2.58 bits per heavy atom. The summed E-state index contributed by atoms with van der Waals surface area (Å²) in [7, 11) is 0. The first-order chi connectivity index (χ1) is 9.08. The Hall–Kier alpha value is -2.31. The molecule has 0 spiro atoms. The highest BCUT2D eigenvalue weighted by molar-refractivity contribution is 5.91. The summed E-state index contributed by atoms with van der Waals surface area (Å²) in [6, 6.07) is 3.30. The number of aromatic hydroxyl groups is 1. The second-order valence-corrected chi connectivity index (χ2v) is 4.44. The van der Waals surface area contributed by atoms with Crippen LogP contribution in [-0.4, -0.2) is 34.1 Å². The number of carbonyl (C=O) groups is 1. The fourth-order valence-electron chi connectivity index (χ4n) is 2.03. The molecule has 1 aliphatic rings. The molecular formula is C12H15N3O4. The quantitative estimate of drug-likeness (QED) is 0.487. The van der Waals surface area contributed by atoms with Crippen molar-refractivity contribution >= 4 is 17.4 Å². The van der Waals surface area contributed by atoms with Crippen molar-refractivity contribution in [1.29, 1.82) is 0 Å². The molecule has 0 atom stereocenters. The fourth-order valence-corrected chi connectivity index (χ4v) is 2.03. The summed E-state index contributed by atoms with van der Waals surface area (Å²) in [6.07, 6.45) is 3.06. The molecule has 102 valence electrons. The molecule has 1 heterocycles. The molecule has 0 aliphatic carbocycles. The van der Waals surface area contributed by atoms with Gasteiger partial charge in [0.2, 0.25) is 0 Å². The van der Waals surface area contributed by atoms with Crippen molar-refractivity contribution in [1.82, 2.24) is 4.90 Å². The average molecular weight is 265 g/mol. The van der Waals surface area contributed by atoms with E-state index in [1.807, 2.05) is 0 Å². The van der Waals surface area contributed by atoms with Gasteiger partial charge in [-0.2, -0.15) is 0 Å². The number of non-ortho nitro benzene ring substituents is 1. The second-order valence-electron chi connectivity index (χ2n) is 4.44. The summed E-state index contributed by atoms with van der Waals surface area (Å²) in [6.45, 7) is 1.39. The number of urea groups is 1. The first-order valence-electron chi connectivity index (χ1n) is 6.11. The minimum absolute atomic E-state index is 0.182. The molecule has 0 unspecified atom stereocenters. The van der Waals surface area contributed by atoms with Crippen LogP contribution in [0, 0.1) is 10.1 Å². The molecule has 7 nitrogen and oxygen atoms in total. The van der Waals surface area contributed by atoms with Crippen molar-refractivity contribution in [3.8, 4) is 5.75 Å². The molecule has 7 heteroatoms. The van der Waals surface area contributed by atoms with Crippen LogP contribution in [0.25, 0.3) is 0 Å². The molecule has 2 N–H and O–H groups in total. The number of nitrogens with one attached hydrogen (secondary N) is 1. The van der Waals surface area contributed by atoms with E-state index in [-0.39, 0.29) is 23.2 Å². The fraction of sp³-hybridized carbons (Fsp3) is 0.417. The predicted octanol–water partition coefficient (Wildman–Crippen LogP) is 2.32. The summed E-state index contributed by atoms with van der Waals surface area (Å²) < 4.78 is 0. The summed E-state index contributed by atoms with van der Waals surface area (Å²) in [5, 5.41) is 22.7. The number of nitrogens with zero attached hydrogens (tertiary/aromatic N) is 2. The van der Waals surface area contributed by atoms with Gasteiger partial charge in [0.15, 0.2) is 0 Å². The van der Waals surface area contributed by atoms with Crippen LogP contribution >= 0.6 is 0 Å². The van der Waals surface area contributed by atoms with Gasteiger partial charge < -0.3 is 15.3 Å². The molecule has 0 radical (unpaired) electrons. The maximum absolute atomic E-state index is 11.9. The Bertz CT molecular complexity index is 498. The van der Waals surface area contributed by atoms with Crippen molar-refractivity contribution in [2.24, 2.45) is 0 Å². The SMILES string of the molecule is O=C(Nc1ccc([N+](=O)[O-])cc1O)N1CCCCC1. The standard InChI is InChI=1S/C12H15N3O4/c16-11-8-9(15(18)19)4-5-10(11)13-12(17)14-6-2-1-3-7-14/h4-5,8,16H,1-3,6-7H2,(H,13,17). The molecule has 1 fully saturated rings. The van der Waals surface area contributed by atoms with Gasteiger partial charge in [0.05, 0.1) is 16.7 Å². The summed E-state index contributed by atoms with van der Waals surface area (Å²) in [4.78, 5) is 23.5. The zero-order valence-corrected chi connectivity index (χ0v) is 10.3. The average Bonchev–Trinajstić information content (AvgIpc) is 2.41. The highest BCUT2D eigenvalue weighted by Crippen LogP contribution is 2.28. The van der Waals surface area contributed by atoms with E-state index in [1.54, 1.807) is 4.90 Å². The van der Waals surface area contributed by atoms with E-state index >= 15 is 0 Å². The van der Waals surface area contributed by atoms with E-state index in [9.17, 15) is 20.0 Å². The number of hydrogen-bond acceptors (Lipinski definition) is 4. The third-order valence-electron chi connectivity index (χ3n) is 3.08. The number of nitro groups is 1. The van der Waals surface area contributed by atoms with Crippen molar-refractivity contribution in [2.75, 3.05) is 18.4 Å². The molecule has 19 heavy (non-hydrogen) atoms. The molecule has 0 saturated carbocycles. The van der Waals surface area contributed by atoms with Gasteiger partial charge in [0.25, 0.3) is 5.69 Å². The highest BCUT2D eigenvalue weighted by Gasteiger charge is 2.18. The Kier molecular flexibility index (Phi) is 3.84. The zero-order chi connectivity index (χ0) is 13.8. The van der Waals surface area contributed by atoms with E-state index in [4.69, 9.17) is 0 Å². The Morgan fingerprint density at radius 1 is 1.32 bits per heavy atom. The first-order valence-corrected chi connectivity index (χ1v) is 6.11. The maximum atomic E-state index is 11.9. The summed E-state index contributed by atoms with van der Waals surface area (Å²) in [5.74, 6) is -0.306. The summed E-state index contributed by atoms with van der Waals surface area (Å²) in [5.41, 5.74) is -0.0327. The highest BCUT2D eigenvalue weighted by atomic mass is 16.6. The normalized spacial score (nSPS) is 15.1. The van der Waals surface area contributed by atoms with Gasteiger partial charge in [-0.25, -0.2) is 4.79 Å². The van der Waals surface area contributed by atoms with Crippen LogP contribution in [0.15, 0.2) is 18.2 Å². The molecule has 1 aromatic carbocycles. The van der Waals surface area contributed by atoms with E-state index in [1.165, 1.54) is 12.1 Å². The number of carbonyl (C=O) groups excluding carboxylic acids is 1. The lowest BCUT2D eigenvalue weighted by molar-refractivity contribution is -0.384. The molecule has 0 bridgehead atoms. The van der Waals surface area contributed by atoms with Crippen LogP contribution in [-0.2, 0) is 0 Å². The number of amides is 2. The van der Waals surface area contributed by atoms with Gasteiger partial charge >= 0.3 is 6.03 Å². The van der Waals surface area contributed by atoms with Crippen molar-refractivity contribution < 1.29 is 14.8 Å². The van der Waals surface area contributed by atoms with Crippen molar-refractivity contribution in [3.05, 3.63) is 28.3 Å². The van der Waals surface area contributed by atoms with Crippen LogP contribution in [0.2, 0.25) is 0 Å². The number of anilines is 1. The molecule has 2 rings (SSSR count). The number of likely N-dealkylation sites (tertiary alicyclic amines) is 1. The van der Waals surface area contributed by atoms with E-state index in [0.29, 0.717) is 13.1 Å². The maximum Gasteiger partial charge on any atom is 0.321 e. The lowest BCUT2D eigenvalue weighted by Gasteiger charge is -2.26. The van der Waals surface area contributed by atoms with Crippen LogP contribution in [0.1, 0.15) is 19.3 Å². The number of phenolic OH excluding ortho intramolecular Hbond substituents is 1. The van der Waals surface area contributed by atoms with E-state index in [0.717, 1.165) is 25.3 Å². The lowest BCUT2D eigenvalue weighted by Crippen LogP contribution is -2.38. The summed E-state index contributed by atoms with van der Waals surface area (Å²) >= 11 is 0. The van der Waals surface area contributed by atoms with Crippen molar-refractivity contribution in [3.63, 3.8) is 0 Å². The van der Waals surface area contributed by atoms with Crippen LogP contribution in [0.5, 0.6) is 5.75 Å². The smallest absolute Gasteiger partial charge is 0.321 e. The van der Waals surface area contributed by atoms with Gasteiger partial charge in [-0.3, -0.25) is 10.1 Å². The van der Waals surface area contributed by atoms with E-state index < -0.39 is 4.92 Å². The van der Waals surface area contributed by atoms with Crippen LogP contribution < -0.4 is 5.32 Å². The lowest BCUT2D eigenvalue weighted by atomic mass is 10.1.